The molecule has 2 rings (SSSR count). The van der Waals surface area contributed by atoms with Gasteiger partial charge in [-0.15, -0.1) is 0 Å². The highest BCUT2D eigenvalue weighted by molar-refractivity contribution is 7.99. The van der Waals surface area contributed by atoms with Crippen LogP contribution in [0.2, 0.25) is 0 Å². The van der Waals surface area contributed by atoms with Crippen LogP contribution in [-0.4, -0.2) is 29.0 Å². The lowest BCUT2D eigenvalue weighted by Crippen LogP contribution is -2.04. The molecule has 0 amide bonds. The summed E-state index contributed by atoms with van der Waals surface area (Å²) in [4.78, 5) is 19.8. The zero-order chi connectivity index (χ0) is 15.4. The van der Waals surface area contributed by atoms with E-state index in [1.807, 2.05) is 18.2 Å². The summed E-state index contributed by atoms with van der Waals surface area (Å²) in [5.41, 5.74) is 0.242. The van der Waals surface area contributed by atoms with Gasteiger partial charge in [-0.05, 0) is 25.1 Å². The Morgan fingerprint density at radius 1 is 1.38 bits per heavy atom. The van der Waals surface area contributed by atoms with Crippen molar-refractivity contribution in [3.05, 3.63) is 40.1 Å². The number of benzene rings is 1. The summed E-state index contributed by atoms with van der Waals surface area (Å²) in [5.74, 6) is 1.03. The lowest BCUT2D eigenvalue weighted by atomic mass is 10.3. The maximum atomic E-state index is 11.2. The van der Waals surface area contributed by atoms with Crippen LogP contribution in [0.5, 0.6) is 5.75 Å². The van der Waals surface area contributed by atoms with Gasteiger partial charge in [0.15, 0.2) is 5.03 Å². The first kappa shape index (κ1) is 15.0. The molecule has 0 spiro atoms. The summed E-state index contributed by atoms with van der Waals surface area (Å²) < 4.78 is 5.15. The van der Waals surface area contributed by atoms with Gasteiger partial charge >= 0.3 is 5.69 Å². The van der Waals surface area contributed by atoms with Crippen molar-refractivity contribution >= 4 is 23.4 Å². The van der Waals surface area contributed by atoms with Crippen LogP contribution in [-0.2, 0) is 0 Å². The van der Waals surface area contributed by atoms with E-state index < -0.39 is 4.92 Å². The number of hydrogen-bond acceptors (Lipinski definition) is 7. The highest BCUT2D eigenvalue weighted by Gasteiger charge is 2.22. The van der Waals surface area contributed by atoms with E-state index in [9.17, 15) is 10.1 Å². The van der Waals surface area contributed by atoms with Crippen LogP contribution in [0.25, 0.3) is 0 Å². The molecule has 0 aliphatic carbocycles. The minimum absolute atomic E-state index is 0.0816. The minimum Gasteiger partial charge on any atom is -0.497 e. The lowest BCUT2D eigenvalue weighted by Gasteiger charge is -2.07. The molecule has 8 heteroatoms. The molecule has 110 valence electrons. The molecule has 2 aromatic rings. The standard InChI is InChI=1S/C13H14N4O3S/c1-8-11(17(18)19)12(16-13(14-2)15-8)21-10-6-4-5-9(7-10)20-3/h4-7H,1-3H3,(H,14,15,16). The fraction of sp³-hybridized carbons (Fsp3) is 0.231. The largest absolute Gasteiger partial charge is 0.497 e. The number of ether oxygens (including phenoxy) is 1. The molecule has 1 N–H and O–H groups in total. The van der Waals surface area contributed by atoms with Crippen LogP contribution in [0.15, 0.2) is 34.2 Å². The number of nitro groups is 1. The number of methoxy groups -OCH3 is 1. The predicted octanol–water partition coefficient (Wildman–Crippen LogP) is 2.89. The van der Waals surface area contributed by atoms with Gasteiger partial charge in [0.05, 0.1) is 12.0 Å². The molecule has 0 saturated heterocycles. The first-order chi connectivity index (χ1) is 10.0. The summed E-state index contributed by atoms with van der Waals surface area (Å²) in [5, 5.41) is 14.3. The summed E-state index contributed by atoms with van der Waals surface area (Å²) in [6.07, 6.45) is 0. The number of anilines is 1. The maximum Gasteiger partial charge on any atom is 0.322 e. The Morgan fingerprint density at radius 3 is 2.76 bits per heavy atom. The van der Waals surface area contributed by atoms with Crippen molar-refractivity contribution in [2.45, 2.75) is 16.8 Å². The molecule has 0 aliphatic heterocycles. The van der Waals surface area contributed by atoms with Crippen molar-refractivity contribution in [2.24, 2.45) is 0 Å². The second kappa shape index (κ2) is 6.40. The van der Waals surface area contributed by atoms with Crippen LogP contribution in [0.1, 0.15) is 5.69 Å². The van der Waals surface area contributed by atoms with Crippen molar-refractivity contribution in [2.75, 3.05) is 19.5 Å². The van der Waals surface area contributed by atoms with Gasteiger partial charge in [-0.3, -0.25) is 10.1 Å². The molecular weight excluding hydrogens is 292 g/mol. The topological polar surface area (TPSA) is 90.2 Å². The highest BCUT2D eigenvalue weighted by Crippen LogP contribution is 2.36. The van der Waals surface area contributed by atoms with Crippen molar-refractivity contribution in [3.63, 3.8) is 0 Å². The van der Waals surface area contributed by atoms with E-state index in [1.165, 1.54) is 11.8 Å². The molecule has 0 bridgehead atoms. The summed E-state index contributed by atoms with van der Waals surface area (Å²) in [6.45, 7) is 1.59. The summed E-state index contributed by atoms with van der Waals surface area (Å²) >= 11 is 1.20. The summed E-state index contributed by atoms with van der Waals surface area (Å²) in [7, 11) is 3.24. The number of nitrogens with zero attached hydrogens (tertiary/aromatic N) is 3. The monoisotopic (exact) mass is 306 g/mol. The minimum atomic E-state index is -0.461. The molecule has 21 heavy (non-hydrogen) atoms. The van der Waals surface area contributed by atoms with E-state index in [-0.39, 0.29) is 5.69 Å². The molecule has 1 aromatic carbocycles. The van der Waals surface area contributed by atoms with Gasteiger partial charge in [-0.25, -0.2) is 4.98 Å². The Bertz CT molecular complexity index is 678. The van der Waals surface area contributed by atoms with Crippen LogP contribution in [0.3, 0.4) is 0 Å². The van der Waals surface area contributed by atoms with Gasteiger partial charge in [-0.1, -0.05) is 17.8 Å². The number of rotatable bonds is 5. The number of hydrogen-bond donors (Lipinski definition) is 1. The van der Waals surface area contributed by atoms with Crippen molar-refractivity contribution in [1.29, 1.82) is 0 Å². The lowest BCUT2D eigenvalue weighted by molar-refractivity contribution is -0.389. The molecule has 1 aromatic heterocycles. The quantitative estimate of drug-likeness (QED) is 0.516. The van der Waals surface area contributed by atoms with E-state index in [2.05, 4.69) is 15.3 Å². The third-order valence-corrected chi connectivity index (χ3v) is 3.66. The van der Waals surface area contributed by atoms with Crippen LogP contribution in [0, 0.1) is 17.0 Å². The van der Waals surface area contributed by atoms with Crippen LogP contribution >= 0.6 is 11.8 Å². The first-order valence-corrected chi connectivity index (χ1v) is 6.89. The Kier molecular flexibility index (Phi) is 4.59. The Balaban J connectivity index is 2.46. The number of aryl methyl sites for hydroxylation is 1. The van der Waals surface area contributed by atoms with Gasteiger partial charge in [0, 0.05) is 11.9 Å². The van der Waals surface area contributed by atoms with E-state index in [1.54, 1.807) is 27.1 Å². The van der Waals surface area contributed by atoms with E-state index in [0.29, 0.717) is 22.4 Å². The molecule has 0 radical (unpaired) electrons. The van der Waals surface area contributed by atoms with E-state index in [4.69, 9.17) is 4.74 Å². The third kappa shape index (κ3) is 3.40. The number of nitrogens with one attached hydrogen (secondary N) is 1. The van der Waals surface area contributed by atoms with Gasteiger partial charge in [-0.2, -0.15) is 4.98 Å². The number of aromatic nitrogens is 2. The Labute approximate surface area is 125 Å². The van der Waals surface area contributed by atoms with Gasteiger partial charge in [0.25, 0.3) is 0 Å². The molecule has 0 aliphatic rings. The zero-order valence-corrected chi connectivity index (χ0v) is 12.6. The van der Waals surface area contributed by atoms with Crippen LogP contribution < -0.4 is 10.1 Å². The average molecular weight is 306 g/mol. The second-order valence-corrected chi connectivity index (χ2v) is 5.14. The van der Waals surface area contributed by atoms with E-state index in [0.717, 1.165) is 4.90 Å². The first-order valence-electron chi connectivity index (χ1n) is 6.08. The molecular formula is C13H14N4O3S. The van der Waals surface area contributed by atoms with Crippen LogP contribution in [0.4, 0.5) is 11.6 Å². The molecule has 0 unspecified atom stereocenters. The average Bonchev–Trinajstić information content (AvgIpc) is 2.46. The van der Waals surface area contributed by atoms with Gasteiger partial charge in [0.1, 0.15) is 11.4 Å². The molecule has 1 heterocycles. The third-order valence-electron chi connectivity index (χ3n) is 2.69. The summed E-state index contributed by atoms with van der Waals surface area (Å²) in [6, 6.07) is 7.26. The molecule has 0 atom stereocenters. The fourth-order valence-electron chi connectivity index (χ4n) is 1.71. The molecule has 0 saturated carbocycles. The SMILES string of the molecule is CNc1nc(C)c([N+](=O)[O-])c(Sc2cccc(OC)c2)n1. The fourth-order valence-corrected chi connectivity index (χ4v) is 2.71. The van der Waals surface area contributed by atoms with Crippen molar-refractivity contribution < 1.29 is 9.66 Å². The van der Waals surface area contributed by atoms with Crippen molar-refractivity contribution in [3.8, 4) is 5.75 Å². The normalized spacial score (nSPS) is 10.2. The Hall–Kier alpha value is -2.35. The zero-order valence-electron chi connectivity index (χ0n) is 11.8. The van der Waals surface area contributed by atoms with Gasteiger partial charge in [0.2, 0.25) is 5.95 Å². The van der Waals surface area contributed by atoms with Crippen molar-refractivity contribution in [1.82, 2.24) is 9.97 Å². The highest BCUT2D eigenvalue weighted by atomic mass is 32.2. The Morgan fingerprint density at radius 2 is 2.14 bits per heavy atom. The smallest absolute Gasteiger partial charge is 0.322 e. The van der Waals surface area contributed by atoms with E-state index >= 15 is 0 Å². The predicted molar refractivity (Wildman–Crippen MR) is 80.1 cm³/mol. The molecule has 7 nitrogen and oxygen atoms in total. The van der Waals surface area contributed by atoms with Gasteiger partial charge < -0.3 is 10.1 Å². The molecule has 0 fully saturated rings. The maximum absolute atomic E-state index is 11.2. The second-order valence-electron chi connectivity index (χ2n) is 4.07.